The average Bonchev–Trinajstić information content (AvgIpc) is 3.26. The van der Waals surface area contributed by atoms with Gasteiger partial charge in [0.1, 0.15) is 23.7 Å². The van der Waals surface area contributed by atoms with Crippen molar-refractivity contribution in [3.63, 3.8) is 0 Å². The van der Waals surface area contributed by atoms with Gasteiger partial charge in [-0.1, -0.05) is 60.7 Å². The minimum absolute atomic E-state index is 0. The number of esters is 1. The number of rotatable bonds is 6. The highest BCUT2D eigenvalue weighted by atomic mass is 127. The van der Waals surface area contributed by atoms with Gasteiger partial charge in [-0.15, -0.1) is 16.4 Å². The summed E-state index contributed by atoms with van der Waals surface area (Å²) in [6.07, 6.45) is 3.28. The fraction of sp³-hybridized carbons (Fsp3) is 0.240. The molecule has 2 N–H and O–H groups in total. The number of β-lactam (4-membered cyclic amide) rings is 1. The molecule has 2 aliphatic rings. The fourth-order valence-electron chi connectivity index (χ4n) is 4.25. The Hall–Kier alpha value is -2.63. The molecule has 5 rings (SSSR count). The number of aromatic nitrogens is 2. The number of fused-ring (bicyclic) bond motifs is 1. The van der Waals surface area contributed by atoms with E-state index in [9.17, 15) is 9.59 Å². The van der Waals surface area contributed by atoms with Crippen molar-refractivity contribution in [3.05, 3.63) is 102 Å². The van der Waals surface area contributed by atoms with Crippen LogP contribution in [0.2, 0.25) is 0 Å². The van der Waals surface area contributed by atoms with E-state index in [0.717, 1.165) is 16.7 Å². The molecule has 176 valence electrons. The monoisotopic (exact) mass is 588 g/mol. The van der Waals surface area contributed by atoms with Gasteiger partial charge in [0.05, 0.1) is 6.20 Å². The smallest absolute Gasteiger partial charge is 0.356 e. The Labute approximate surface area is 219 Å². The zero-order valence-corrected chi connectivity index (χ0v) is 21.6. The van der Waals surface area contributed by atoms with E-state index in [-0.39, 0.29) is 35.3 Å². The summed E-state index contributed by atoms with van der Waals surface area (Å²) in [7, 11) is 1.93. The SMILES string of the molecule is C[n+]1cccn1CC1=C(C(=O)OC(c2ccccc2)c2ccccc2)N2C(=O)[C@@H](N)[C@H]2SC1.[I-]. The Balaban J connectivity index is 0.00000274. The van der Waals surface area contributed by atoms with E-state index in [2.05, 4.69) is 0 Å². The predicted molar refractivity (Wildman–Crippen MR) is 125 cm³/mol. The summed E-state index contributed by atoms with van der Waals surface area (Å²) in [6, 6.07) is 20.6. The van der Waals surface area contributed by atoms with Crippen LogP contribution in [0.3, 0.4) is 0 Å². The van der Waals surface area contributed by atoms with Crippen LogP contribution in [0, 0.1) is 0 Å². The van der Waals surface area contributed by atoms with Crippen molar-refractivity contribution in [2.75, 3.05) is 5.75 Å². The van der Waals surface area contributed by atoms with Gasteiger partial charge in [0.25, 0.3) is 0 Å². The van der Waals surface area contributed by atoms with Gasteiger partial charge in [0.2, 0.25) is 5.91 Å². The summed E-state index contributed by atoms with van der Waals surface area (Å²) in [5.41, 5.74) is 8.92. The molecule has 0 unspecified atom stereocenters. The molecule has 9 heteroatoms. The number of carbonyl (C=O) groups excluding carboxylic acids is 2. The maximum atomic E-state index is 13.7. The van der Waals surface area contributed by atoms with E-state index >= 15 is 0 Å². The third kappa shape index (κ3) is 4.51. The molecule has 2 aliphatic heterocycles. The first-order valence-corrected chi connectivity index (χ1v) is 11.8. The van der Waals surface area contributed by atoms with E-state index in [1.54, 1.807) is 11.8 Å². The molecule has 1 fully saturated rings. The lowest BCUT2D eigenvalue weighted by molar-refractivity contribution is -0.752. The molecule has 2 aromatic carbocycles. The van der Waals surface area contributed by atoms with Crippen LogP contribution in [0.5, 0.6) is 0 Å². The van der Waals surface area contributed by atoms with Crippen molar-refractivity contribution >= 4 is 23.6 Å². The van der Waals surface area contributed by atoms with E-state index in [1.165, 1.54) is 4.90 Å². The van der Waals surface area contributed by atoms with Gasteiger partial charge in [-0.3, -0.25) is 9.69 Å². The fourth-order valence-corrected chi connectivity index (χ4v) is 5.53. The molecule has 0 saturated carbocycles. The number of hydrogen-bond donors (Lipinski definition) is 1. The molecule has 0 radical (unpaired) electrons. The largest absolute Gasteiger partial charge is 1.00 e. The number of aryl methyl sites for hydroxylation is 1. The number of carbonyl (C=O) groups is 2. The Morgan fingerprint density at radius 2 is 1.74 bits per heavy atom. The van der Waals surface area contributed by atoms with Crippen molar-refractivity contribution in [1.82, 2.24) is 9.58 Å². The second-order valence-electron chi connectivity index (χ2n) is 8.16. The van der Waals surface area contributed by atoms with E-state index in [1.807, 2.05) is 95.5 Å². The summed E-state index contributed by atoms with van der Waals surface area (Å²) < 4.78 is 10.0. The molecule has 3 aromatic rings. The highest BCUT2D eigenvalue weighted by Gasteiger charge is 2.52. The third-order valence-corrected chi connectivity index (χ3v) is 7.39. The Kier molecular flexibility index (Phi) is 7.44. The predicted octanol–water partition coefficient (Wildman–Crippen LogP) is -0.854. The molecule has 0 aliphatic carbocycles. The molecular weight excluding hydrogens is 563 g/mol. The van der Waals surface area contributed by atoms with Gasteiger partial charge in [-0.05, 0) is 16.7 Å². The van der Waals surface area contributed by atoms with Crippen LogP contribution in [0.15, 0.2) is 90.4 Å². The van der Waals surface area contributed by atoms with Crippen LogP contribution in [0.4, 0.5) is 0 Å². The number of benzene rings is 2. The van der Waals surface area contributed by atoms with Gasteiger partial charge in [0.15, 0.2) is 19.3 Å². The van der Waals surface area contributed by atoms with E-state index in [4.69, 9.17) is 10.5 Å². The summed E-state index contributed by atoms with van der Waals surface area (Å²) >= 11 is 1.59. The van der Waals surface area contributed by atoms with Crippen LogP contribution in [-0.4, -0.2) is 38.6 Å². The zero-order chi connectivity index (χ0) is 22.9. The van der Waals surface area contributed by atoms with E-state index < -0.39 is 18.1 Å². The maximum absolute atomic E-state index is 13.7. The van der Waals surface area contributed by atoms with Gasteiger partial charge < -0.3 is 34.4 Å². The quantitative estimate of drug-likeness (QED) is 0.176. The summed E-state index contributed by atoms with van der Waals surface area (Å²) in [6.45, 7) is 0.480. The topological polar surface area (TPSA) is 81.4 Å². The van der Waals surface area contributed by atoms with Crippen molar-refractivity contribution in [2.24, 2.45) is 12.8 Å². The van der Waals surface area contributed by atoms with Crippen LogP contribution < -0.4 is 34.4 Å². The van der Waals surface area contributed by atoms with Gasteiger partial charge in [-0.2, -0.15) is 4.68 Å². The Bertz CT molecular complexity index is 1180. The number of amides is 1. The highest BCUT2D eigenvalue weighted by molar-refractivity contribution is 8.00. The van der Waals surface area contributed by atoms with Crippen LogP contribution in [0.1, 0.15) is 17.2 Å². The van der Waals surface area contributed by atoms with Gasteiger partial charge in [0, 0.05) is 11.8 Å². The molecule has 2 atom stereocenters. The minimum atomic E-state index is -0.596. The van der Waals surface area contributed by atoms with Gasteiger partial charge >= 0.3 is 5.97 Å². The summed E-state index contributed by atoms with van der Waals surface area (Å²) in [5, 5.41) is -0.242. The number of hydrogen-bond acceptors (Lipinski definition) is 5. The standard InChI is InChI=1S/C25H25N4O3S.HI/c1-27-13-8-14-28(27)15-19-16-33-24-20(26)23(30)29(24)21(19)25(31)32-22(17-9-4-2-5-10-17)18-11-6-3-7-12-18;/h2-14,20,22,24H,15-16,26H2,1H3;1H/q+1;/p-1/t20-,24-;/m1./s1. The number of nitrogens with zero attached hydrogens (tertiary/aromatic N) is 3. The molecule has 3 heterocycles. The molecule has 0 spiro atoms. The molecule has 1 aromatic heterocycles. The van der Waals surface area contributed by atoms with E-state index in [0.29, 0.717) is 18.0 Å². The number of ether oxygens (including phenoxy) is 1. The lowest BCUT2D eigenvalue weighted by atomic mass is 10.0. The Morgan fingerprint density at radius 3 is 2.29 bits per heavy atom. The van der Waals surface area contributed by atoms with Crippen molar-refractivity contribution in [1.29, 1.82) is 0 Å². The highest BCUT2D eigenvalue weighted by Crippen LogP contribution is 2.41. The molecule has 34 heavy (non-hydrogen) atoms. The summed E-state index contributed by atoms with van der Waals surface area (Å²) in [5.74, 6) is -0.154. The van der Waals surface area contributed by atoms with Crippen molar-refractivity contribution in [3.8, 4) is 0 Å². The number of thioether (sulfide) groups is 1. The number of halogens is 1. The zero-order valence-electron chi connectivity index (χ0n) is 18.6. The molecule has 1 amide bonds. The number of nitrogens with two attached hydrogens (primary N) is 1. The first-order valence-electron chi connectivity index (χ1n) is 10.8. The second-order valence-corrected chi connectivity index (χ2v) is 9.26. The average molecular weight is 588 g/mol. The molecule has 1 saturated heterocycles. The molecular formula is C25H25IN4O3S. The molecule has 7 nitrogen and oxygen atoms in total. The molecule has 0 bridgehead atoms. The first kappa shape index (κ1) is 24.5. The van der Waals surface area contributed by atoms with Gasteiger partial charge in [-0.25, -0.2) is 4.79 Å². The Morgan fingerprint density at radius 1 is 1.12 bits per heavy atom. The van der Waals surface area contributed by atoms with Crippen molar-refractivity contribution < 1.29 is 43.0 Å². The normalized spacial score (nSPS) is 19.4. The van der Waals surface area contributed by atoms with Crippen LogP contribution in [0.25, 0.3) is 0 Å². The summed E-state index contributed by atoms with van der Waals surface area (Å²) in [4.78, 5) is 27.9. The maximum Gasteiger partial charge on any atom is 0.356 e. The van der Waals surface area contributed by atoms with Crippen molar-refractivity contribution in [2.45, 2.75) is 24.1 Å². The lowest BCUT2D eigenvalue weighted by Crippen LogP contribution is -3.00. The van der Waals surface area contributed by atoms with Crippen LogP contribution >= 0.6 is 11.8 Å². The second kappa shape index (κ2) is 10.3. The first-order chi connectivity index (χ1) is 16.0. The van der Waals surface area contributed by atoms with Crippen LogP contribution in [-0.2, 0) is 27.9 Å². The minimum Gasteiger partial charge on any atom is -1.00 e. The third-order valence-electron chi connectivity index (χ3n) is 6.03. The lowest BCUT2D eigenvalue weighted by Gasteiger charge is -2.48.